The normalized spacial score (nSPS) is 15.3. The summed E-state index contributed by atoms with van der Waals surface area (Å²) >= 11 is 1.40. The van der Waals surface area contributed by atoms with Crippen molar-refractivity contribution < 1.29 is 39.3 Å². The van der Waals surface area contributed by atoms with Crippen molar-refractivity contribution in [1.29, 1.82) is 0 Å². The maximum absolute atomic E-state index is 12.9. The van der Waals surface area contributed by atoms with E-state index in [1.807, 2.05) is 0 Å². The number of aliphatic hydroxyl groups is 1. The number of carboxylic acids is 2. The molecular weight excluding hydrogens is 470 g/mol. The maximum Gasteiger partial charge on any atom is 0.326 e. The fourth-order valence-electron chi connectivity index (χ4n) is 2.86. The molecule has 0 aromatic carbocycles. The van der Waals surface area contributed by atoms with Crippen molar-refractivity contribution in [2.24, 2.45) is 11.5 Å². The van der Waals surface area contributed by atoms with Crippen LogP contribution in [0, 0.1) is 0 Å². The molecule has 3 amide bonds. The predicted octanol–water partition coefficient (Wildman–Crippen LogP) is -2.02. The molecule has 0 aromatic rings. The minimum absolute atomic E-state index is 0.135. The van der Waals surface area contributed by atoms with Gasteiger partial charge in [0.2, 0.25) is 17.7 Å². The molecule has 0 aliphatic carbocycles. The maximum atomic E-state index is 12.9. The highest BCUT2D eigenvalue weighted by Gasteiger charge is 2.32. The first-order valence-electron chi connectivity index (χ1n) is 10.9. The van der Waals surface area contributed by atoms with E-state index < -0.39 is 59.9 Å². The van der Waals surface area contributed by atoms with E-state index in [9.17, 15) is 34.2 Å². The first-order valence-corrected chi connectivity index (χ1v) is 12.3. The number of nitrogens with one attached hydrogen (secondary N) is 3. The SMILES string of the molecule is CSCCC(NC(=O)C(NC(=O)C(CCCCN)NC(=O)C(N)CCC(=O)O)C(C)O)C(=O)O. The number of nitrogens with two attached hydrogens (primary N) is 2. The fraction of sp³-hybridized carbons (Fsp3) is 0.750. The highest BCUT2D eigenvalue weighted by atomic mass is 32.2. The number of carbonyl (C=O) groups is 5. The van der Waals surface area contributed by atoms with E-state index in [0.717, 1.165) is 0 Å². The van der Waals surface area contributed by atoms with E-state index >= 15 is 0 Å². The third kappa shape index (κ3) is 12.7. The topological polar surface area (TPSA) is 234 Å². The monoisotopic (exact) mass is 507 g/mol. The Kier molecular flexibility index (Phi) is 15.9. The average molecular weight is 508 g/mol. The molecule has 34 heavy (non-hydrogen) atoms. The Labute approximate surface area is 202 Å². The van der Waals surface area contributed by atoms with Crippen LogP contribution in [0.25, 0.3) is 0 Å². The number of amides is 3. The zero-order chi connectivity index (χ0) is 26.3. The molecule has 0 saturated heterocycles. The van der Waals surface area contributed by atoms with Crippen LogP contribution < -0.4 is 27.4 Å². The Hall–Kier alpha value is -2.42. The van der Waals surface area contributed by atoms with Crippen LogP contribution in [-0.2, 0) is 24.0 Å². The highest BCUT2D eigenvalue weighted by Crippen LogP contribution is 2.06. The number of hydrogen-bond acceptors (Lipinski definition) is 9. The van der Waals surface area contributed by atoms with Crippen LogP contribution >= 0.6 is 11.8 Å². The van der Waals surface area contributed by atoms with Gasteiger partial charge >= 0.3 is 11.9 Å². The van der Waals surface area contributed by atoms with E-state index in [0.29, 0.717) is 25.1 Å². The molecule has 5 unspecified atom stereocenters. The van der Waals surface area contributed by atoms with Crippen molar-refractivity contribution in [1.82, 2.24) is 16.0 Å². The summed E-state index contributed by atoms with van der Waals surface area (Å²) in [6.07, 6.45) is 1.27. The first kappa shape index (κ1) is 31.6. The van der Waals surface area contributed by atoms with Crippen LogP contribution in [0.15, 0.2) is 0 Å². The number of unbranched alkanes of at least 4 members (excludes halogenated alkanes) is 1. The third-order valence-electron chi connectivity index (χ3n) is 4.87. The molecule has 196 valence electrons. The summed E-state index contributed by atoms with van der Waals surface area (Å²) < 4.78 is 0. The van der Waals surface area contributed by atoms with Crippen LogP contribution in [0.5, 0.6) is 0 Å². The van der Waals surface area contributed by atoms with E-state index in [1.165, 1.54) is 18.7 Å². The van der Waals surface area contributed by atoms with Gasteiger partial charge in [-0.2, -0.15) is 11.8 Å². The molecule has 10 N–H and O–H groups in total. The van der Waals surface area contributed by atoms with Gasteiger partial charge in [0.15, 0.2) is 0 Å². The van der Waals surface area contributed by atoms with Crippen LogP contribution in [0.1, 0.15) is 45.4 Å². The number of carboxylic acid groups (broad SMARTS) is 2. The molecule has 0 rings (SSSR count). The van der Waals surface area contributed by atoms with Crippen LogP contribution in [0.4, 0.5) is 0 Å². The van der Waals surface area contributed by atoms with Gasteiger partial charge in [0.25, 0.3) is 0 Å². The summed E-state index contributed by atoms with van der Waals surface area (Å²) in [5.41, 5.74) is 11.2. The summed E-state index contributed by atoms with van der Waals surface area (Å²) in [6, 6.07) is -4.97. The number of thioether (sulfide) groups is 1. The first-order chi connectivity index (χ1) is 15.9. The zero-order valence-corrected chi connectivity index (χ0v) is 20.3. The van der Waals surface area contributed by atoms with Gasteiger partial charge in [-0.15, -0.1) is 0 Å². The summed E-state index contributed by atoms with van der Waals surface area (Å²) in [4.78, 5) is 59.9. The number of aliphatic hydroxyl groups excluding tert-OH is 1. The molecule has 0 spiro atoms. The second-order valence-electron chi connectivity index (χ2n) is 7.79. The lowest BCUT2D eigenvalue weighted by Gasteiger charge is -2.26. The zero-order valence-electron chi connectivity index (χ0n) is 19.5. The number of aliphatic carboxylic acids is 2. The molecule has 0 bridgehead atoms. The molecule has 13 nitrogen and oxygen atoms in total. The molecule has 0 radical (unpaired) electrons. The van der Waals surface area contributed by atoms with E-state index in [-0.39, 0.29) is 25.7 Å². The van der Waals surface area contributed by atoms with Gasteiger partial charge < -0.3 is 42.7 Å². The molecule has 0 aliphatic heterocycles. The third-order valence-corrected chi connectivity index (χ3v) is 5.52. The minimum Gasteiger partial charge on any atom is -0.481 e. The molecule has 0 fully saturated rings. The van der Waals surface area contributed by atoms with Gasteiger partial charge in [0.1, 0.15) is 18.1 Å². The van der Waals surface area contributed by atoms with E-state index in [1.54, 1.807) is 6.26 Å². The standard InChI is InChI=1S/C20H37N5O8S/c1-11(26)16(19(31)24-14(20(32)33)8-10-34-2)25-18(30)13(5-3-4-9-21)23-17(29)12(22)6-7-15(27)28/h11-14,16,26H,3-10,21-22H2,1-2H3,(H,23,29)(H,24,31)(H,25,30)(H,27,28)(H,32,33). The highest BCUT2D eigenvalue weighted by molar-refractivity contribution is 7.98. The number of rotatable bonds is 18. The van der Waals surface area contributed by atoms with Gasteiger partial charge in [0.05, 0.1) is 12.1 Å². The molecule has 5 atom stereocenters. The van der Waals surface area contributed by atoms with Crippen molar-refractivity contribution in [2.45, 2.75) is 75.7 Å². The van der Waals surface area contributed by atoms with E-state index in [2.05, 4.69) is 16.0 Å². The molecule has 0 aliphatic rings. The summed E-state index contributed by atoms with van der Waals surface area (Å²) in [6.45, 7) is 1.61. The minimum atomic E-state index is -1.47. The quantitative estimate of drug-likeness (QED) is 0.0943. The Balaban J connectivity index is 5.37. The Morgan fingerprint density at radius 2 is 1.50 bits per heavy atom. The smallest absolute Gasteiger partial charge is 0.326 e. The number of hydrogen-bond donors (Lipinski definition) is 8. The van der Waals surface area contributed by atoms with Gasteiger partial charge in [-0.25, -0.2) is 4.79 Å². The molecule has 0 heterocycles. The summed E-state index contributed by atoms with van der Waals surface area (Å²) in [7, 11) is 0. The van der Waals surface area contributed by atoms with Crippen molar-refractivity contribution in [3.05, 3.63) is 0 Å². The second kappa shape index (κ2) is 17.1. The average Bonchev–Trinajstić information content (AvgIpc) is 2.76. The van der Waals surface area contributed by atoms with Gasteiger partial charge in [-0.3, -0.25) is 19.2 Å². The van der Waals surface area contributed by atoms with E-state index in [4.69, 9.17) is 16.6 Å². The van der Waals surface area contributed by atoms with Crippen LogP contribution in [-0.4, -0.2) is 93.8 Å². The van der Waals surface area contributed by atoms with Crippen molar-refractivity contribution in [3.8, 4) is 0 Å². The molecule has 0 aromatic heterocycles. The summed E-state index contributed by atoms with van der Waals surface area (Å²) in [5, 5.41) is 35.2. The molecular formula is C20H37N5O8S. The second-order valence-corrected chi connectivity index (χ2v) is 8.78. The predicted molar refractivity (Wildman–Crippen MR) is 126 cm³/mol. The van der Waals surface area contributed by atoms with Crippen LogP contribution in [0.3, 0.4) is 0 Å². The van der Waals surface area contributed by atoms with Gasteiger partial charge in [-0.05, 0) is 57.6 Å². The van der Waals surface area contributed by atoms with Crippen molar-refractivity contribution in [2.75, 3.05) is 18.6 Å². The van der Waals surface area contributed by atoms with Crippen LogP contribution in [0.2, 0.25) is 0 Å². The van der Waals surface area contributed by atoms with Gasteiger partial charge in [-0.1, -0.05) is 0 Å². The molecule has 0 saturated carbocycles. The Bertz CT molecular complexity index is 694. The number of carbonyl (C=O) groups excluding carboxylic acids is 3. The summed E-state index contributed by atoms with van der Waals surface area (Å²) in [5.74, 6) is -4.31. The lowest BCUT2D eigenvalue weighted by Crippen LogP contribution is -2.59. The lowest BCUT2D eigenvalue weighted by molar-refractivity contribution is -0.143. The lowest BCUT2D eigenvalue weighted by atomic mass is 10.0. The van der Waals surface area contributed by atoms with Crippen molar-refractivity contribution in [3.63, 3.8) is 0 Å². The fourth-order valence-corrected chi connectivity index (χ4v) is 3.34. The Morgan fingerprint density at radius 1 is 0.882 bits per heavy atom. The van der Waals surface area contributed by atoms with Crippen molar-refractivity contribution >= 4 is 41.4 Å². The largest absolute Gasteiger partial charge is 0.481 e. The van der Waals surface area contributed by atoms with Gasteiger partial charge in [0, 0.05) is 6.42 Å². The Morgan fingerprint density at radius 3 is 2.00 bits per heavy atom. The molecule has 14 heteroatoms.